The van der Waals surface area contributed by atoms with Crippen molar-refractivity contribution in [3.05, 3.63) is 76.3 Å². The SMILES string of the molecule is C=C(CN(C)Cc1ccc(C(C)(C)C)cc1)c1cccc(Br)c1. The Hall–Kier alpha value is -1.38. The third kappa shape index (κ3) is 5.33. The lowest BCUT2D eigenvalue weighted by molar-refractivity contribution is 0.369. The van der Waals surface area contributed by atoms with Crippen LogP contribution in [-0.2, 0) is 12.0 Å². The van der Waals surface area contributed by atoms with Crippen LogP contribution >= 0.6 is 15.9 Å². The molecular weight excluding hydrogens is 346 g/mol. The maximum Gasteiger partial charge on any atom is 0.0234 e. The Kier molecular flexibility index (Phi) is 5.83. The fourth-order valence-electron chi connectivity index (χ4n) is 2.60. The van der Waals surface area contributed by atoms with E-state index in [4.69, 9.17) is 0 Å². The zero-order chi connectivity index (χ0) is 17.0. The van der Waals surface area contributed by atoms with E-state index in [2.05, 4.69) is 97.7 Å². The highest BCUT2D eigenvalue weighted by molar-refractivity contribution is 9.10. The van der Waals surface area contributed by atoms with Crippen molar-refractivity contribution in [1.82, 2.24) is 4.90 Å². The monoisotopic (exact) mass is 371 g/mol. The van der Waals surface area contributed by atoms with Crippen molar-refractivity contribution >= 4 is 21.5 Å². The van der Waals surface area contributed by atoms with Crippen LogP contribution in [0, 0.1) is 0 Å². The fraction of sp³-hybridized carbons (Fsp3) is 0.333. The molecule has 2 rings (SSSR count). The molecule has 2 aromatic rings. The Bertz CT molecular complexity index is 665. The van der Waals surface area contributed by atoms with Gasteiger partial charge in [-0.2, -0.15) is 0 Å². The number of likely N-dealkylation sites (N-methyl/N-ethyl adjacent to an activating group) is 1. The minimum absolute atomic E-state index is 0.208. The minimum atomic E-state index is 0.208. The van der Waals surface area contributed by atoms with Crippen LogP contribution in [0.4, 0.5) is 0 Å². The van der Waals surface area contributed by atoms with Crippen molar-refractivity contribution in [2.24, 2.45) is 0 Å². The lowest BCUT2D eigenvalue weighted by Crippen LogP contribution is -2.20. The van der Waals surface area contributed by atoms with Gasteiger partial charge in [-0.05, 0) is 46.9 Å². The van der Waals surface area contributed by atoms with Gasteiger partial charge in [0.15, 0.2) is 0 Å². The van der Waals surface area contributed by atoms with Crippen LogP contribution in [-0.4, -0.2) is 18.5 Å². The average molecular weight is 372 g/mol. The summed E-state index contributed by atoms with van der Waals surface area (Å²) >= 11 is 3.52. The van der Waals surface area contributed by atoms with Crippen LogP contribution in [0.2, 0.25) is 0 Å². The summed E-state index contributed by atoms with van der Waals surface area (Å²) < 4.78 is 1.09. The molecule has 0 aliphatic carbocycles. The number of benzene rings is 2. The Morgan fingerprint density at radius 1 is 1.09 bits per heavy atom. The average Bonchev–Trinajstić information content (AvgIpc) is 2.46. The Labute approximate surface area is 149 Å². The molecule has 23 heavy (non-hydrogen) atoms. The van der Waals surface area contributed by atoms with Crippen LogP contribution in [0.5, 0.6) is 0 Å². The molecule has 0 amide bonds. The lowest BCUT2D eigenvalue weighted by atomic mass is 9.87. The van der Waals surface area contributed by atoms with E-state index in [1.54, 1.807) is 0 Å². The Morgan fingerprint density at radius 2 is 1.74 bits per heavy atom. The largest absolute Gasteiger partial charge is 0.298 e. The normalized spacial score (nSPS) is 11.7. The Morgan fingerprint density at radius 3 is 2.30 bits per heavy atom. The predicted molar refractivity (Wildman–Crippen MR) is 105 cm³/mol. The van der Waals surface area contributed by atoms with Crippen molar-refractivity contribution in [3.8, 4) is 0 Å². The fourth-order valence-corrected chi connectivity index (χ4v) is 3.00. The molecule has 0 fully saturated rings. The van der Waals surface area contributed by atoms with Gasteiger partial charge in [0.05, 0.1) is 0 Å². The summed E-state index contributed by atoms with van der Waals surface area (Å²) in [4.78, 5) is 2.30. The molecular formula is C21H26BrN. The number of rotatable bonds is 5. The van der Waals surface area contributed by atoms with Crippen LogP contribution in [0.3, 0.4) is 0 Å². The Balaban J connectivity index is 1.97. The molecule has 0 spiro atoms. The highest BCUT2D eigenvalue weighted by atomic mass is 79.9. The maximum absolute atomic E-state index is 4.23. The third-order valence-corrected chi connectivity index (χ3v) is 4.46. The van der Waals surface area contributed by atoms with E-state index in [1.165, 1.54) is 16.7 Å². The van der Waals surface area contributed by atoms with Gasteiger partial charge >= 0.3 is 0 Å². The lowest BCUT2D eigenvalue weighted by Gasteiger charge is -2.21. The highest BCUT2D eigenvalue weighted by Gasteiger charge is 2.13. The summed E-state index contributed by atoms with van der Waals surface area (Å²) in [5.41, 5.74) is 5.25. The van der Waals surface area contributed by atoms with E-state index in [1.807, 2.05) is 6.07 Å². The minimum Gasteiger partial charge on any atom is -0.298 e. The number of halogens is 1. The summed E-state index contributed by atoms with van der Waals surface area (Å²) in [6, 6.07) is 17.3. The molecule has 0 aromatic heterocycles. The molecule has 0 aliphatic heterocycles. The summed E-state index contributed by atoms with van der Waals surface area (Å²) in [6.07, 6.45) is 0. The van der Waals surface area contributed by atoms with Gasteiger partial charge in [0, 0.05) is 17.6 Å². The quantitative estimate of drug-likeness (QED) is 0.632. The summed E-state index contributed by atoms with van der Waals surface area (Å²) in [5, 5.41) is 0. The molecule has 0 radical (unpaired) electrons. The number of nitrogens with zero attached hydrogens (tertiary/aromatic N) is 1. The van der Waals surface area contributed by atoms with E-state index in [-0.39, 0.29) is 5.41 Å². The van der Waals surface area contributed by atoms with Gasteiger partial charge in [-0.25, -0.2) is 0 Å². The van der Waals surface area contributed by atoms with Gasteiger partial charge in [0.1, 0.15) is 0 Å². The van der Waals surface area contributed by atoms with Crippen molar-refractivity contribution in [2.45, 2.75) is 32.7 Å². The second-order valence-electron chi connectivity index (χ2n) is 7.23. The highest BCUT2D eigenvalue weighted by Crippen LogP contribution is 2.23. The second kappa shape index (κ2) is 7.46. The molecule has 1 nitrogen and oxygen atoms in total. The van der Waals surface area contributed by atoms with Crippen molar-refractivity contribution in [3.63, 3.8) is 0 Å². The first-order chi connectivity index (χ1) is 10.8. The van der Waals surface area contributed by atoms with Crippen LogP contribution < -0.4 is 0 Å². The van der Waals surface area contributed by atoms with E-state index in [0.717, 1.165) is 23.1 Å². The molecule has 0 bridgehead atoms. The number of hydrogen-bond donors (Lipinski definition) is 0. The molecule has 0 saturated carbocycles. The molecule has 0 aliphatic rings. The predicted octanol–water partition coefficient (Wildman–Crippen LogP) is 5.89. The standard InChI is InChI=1S/C21H26BrN/c1-16(18-7-6-8-20(22)13-18)14-23(5)15-17-9-11-19(12-10-17)21(2,3)4/h6-13H,1,14-15H2,2-5H3. The van der Waals surface area contributed by atoms with E-state index in [0.29, 0.717) is 0 Å². The summed E-state index contributed by atoms with van der Waals surface area (Å²) in [6.45, 7) is 12.8. The smallest absolute Gasteiger partial charge is 0.0234 e. The summed E-state index contributed by atoms with van der Waals surface area (Å²) in [7, 11) is 2.14. The third-order valence-electron chi connectivity index (χ3n) is 3.97. The molecule has 0 N–H and O–H groups in total. The molecule has 122 valence electrons. The van der Waals surface area contributed by atoms with E-state index >= 15 is 0 Å². The summed E-state index contributed by atoms with van der Waals surface area (Å²) in [5.74, 6) is 0. The zero-order valence-corrected chi connectivity index (χ0v) is 16.2. The van der Waals surface area contributed by atoms with E-state index < -0.39 is 0 Å². The van der Waals surface area contributed by atoms with Crippen molar-refractivity contribution in [2.75, 3.05) is 13.6 Å². The zero-order valence-electron chi connectivity index (χ0n) is 14.6. The number of hydrogen-bond acceptors (Lipinski definition) is 1. The molecule has 0 unspecified atom stereocenters. The van der Waals surface area contributed by atoms with Gasteiger partial charge < -0.3 is 0 Å². The molecule has 2 aromatic carbocycles. The van der Waals surface area contributed by atoms with Crippen LogP contribution in [0.25, 0.3) is 5.57 Å². The molecule has 0 saturated heterocycles. The first kappa shape index (κ1) is 18.0. The first-order valence-corrected chi connectivity index (χ1v) is 8.77. The molecule has 2 heteroatoms. The van der Waals surface area contributed by atoms with Crippen molar-refractivity contribution < 1.29 is 0 Å². The van der Waals surface area contributed by atoms with Crippen LogP contribution in [0.1, 0.15) is 37.5 Å². The van der Waals surface area contributed by atoms with Crippen molar-refractivity contribution in [1.29, 1.82) is 0 Å². The topological polar surface area (TPSA) is 3.24 Å². The molecule has 0 heterocycles. The first-order valence-electron chi connectivity index (χ1n) is 7.97. The van der Waals surface area contributed by atoms with Gasteiger partial charge in [-0.3, -0.25) is 4.90 Å². The van der Waals surface area contributed by atoms with Crippen LogP contribution in [0.15, 0.2) is 59.6 Å². The second-order valence-corrected chi connectivity index (χ2v) is 8.15. The maximum atomic E-state index is 4.23. The van der Waals surface area contributed by atoms with Gasteiger partial charge in [0.25, 0.3) is 0 Å². The van der Waals surface area contributed by atoms with Gasteiger partial charge in [0.2, 0.25) is 0 Å². The van der Waals surface area contributed by atoms with Gasteiger partial charge in [-0.15, -0.1) is 0 Å². The van der Waals surface area contributed by atoms with E-state index in [9.17, 15) is 0 Å². The molecule has 0 atom stereocenters. The van der Waals surface area contributed by atoms with Gasteiger partial charge in [-0.1, -0.05) is 79.7 Å².